The lowest BCUT2D eigenvalue weighted by Crippen LogP contribution is -2.23. The number of allylic oxidation sites excluding steroid dienone is 1. The summed E-state index contributed by atoms with van der Waals surface area (Å²) in [4.78, 5) is 0. The van der Waals surface area contributed by atoms with Gasteiger partial charge in [-0.2, -0.15) is 0 Å². The van der Waals surface area contributed by atoms with Crippen LogP contribution in [0.1, 0.15) is 32.6 Å². The van der Waals surface area contributed by atoms with Crippen molar-refractivity contribution in [1.82, 2.24) is 0 Å². The van der Waals surface area contributed by atoms with E-state index in [0.29, 0.717) is 6.42 Å². The number of nitrogens with two attached hydrogens (primary N) is 1. The second kappa shape index (κ2) is 9.16. The molecule has 0 saturated heterocycles. The molecule has 0 aromatic heterocycles. The highest BCUT2D eigenvalue weighted by Crippen LogP contribution is 2.53. The highest BCUT2D eigenvalue weighted by atomic mass is 31.2. The maximum atomic E-state index is 14.8. The van der Waals surface area contributed by atoms with Crippen LogP contribution in [0.25, 0.3) is 0 Å². The number of para-hydroxylation sites is 2. The second-order valence-corrected chi connectivity index (χ2v) is 7.95. The molecule has 0 bridgehead atoms. The zero-order valence-electron chi connectivity index (χ0n) is 15.0. The van der Waals surface area contributed by atoms with E-state index in [2.05, 4.69) is 0 Å². The summed E-state index contributed by atoms with van der Waals surface area (Å²) in [7, 11) is -1.37. The van der Waals surface area contributed by atoms with Gasteiger partial charge >= 0.3 is 0 Å². The molecule has 0 heterocycles. The Labute approximate surface area is 155 Å². The molecule has 1 fully saturated rings. The average Bonchev–Trinajstić information content (AvgIpc) is 3.17. The van der Waals surface area contributed by atoms with E-state index in [-0.39, 0.29) is 11.5 Å². The van der Waals surface area contributed by atoms with Crippen molar-refractivity contribution < 1.29 is 13.4 Å². The molecular weight excluding hydrogens is 348 g/mol. The molecule has 3 nitrogen and oxygen atoms in total. The first-order valence-corrected chi connectivity index (χ1v) is 10.3. The van der Waals surface area contributed by atoms with Gasteiger partial charge in [-0.15, -0.1) is 0 Å². The van der Waals surface area contributed by atoms with Gasteiger partial charge in [-0.25, -0.2) is 4.39 Å². The van der Waals surface area contributed by atoms with Crippen molar-refractivity contribution in [3.63, 3.8) is 0 Å². The third kappa shape index (κ3) is 4.63. The van der Waals surface area contributed by atoms with Crippen LogP contribution in [0.5, 0.6) is 11.5 Å². The van der Waals surface area contributed by atoms with Gasteiger partial charge in [0, 0.05) is 0 Å². The van der Waals surface area contributed by atoms with E-state index in [1.165, 1.54) is 0 Å². The number of rotatable bonds is 7. The van der Waals surface area contributed by atoms with Crippen LogP contribution < -0.4 is 14.8 Å². The van der Waals surface area contributed by atoms with Crippen LogP contribution in [0, 0.1) is 0 Å². The molecule has 0 amide bonds. The highest BCUT2D eigenvalue weighted by molar-refractivity contribution is 7.49. The van der Waals surface area contributed by atoms with Crippen molar-refractivity contribution in [1.29, 1.82) is 0 Å². The first-order chi connectivity index (χ1) is 12.7. The van der Waals surface area contributed by atoms with Crippen LogP contribution in [0.2, 0.25) is 0 Å². The fourth-order valence-corrected chi connectivity index (χ4v) is 4.92. The summed E-state index contributed by atoms with van der Waals surface area (Å²) >= 11 is 0. The van der Waals surface area contributed by atoms with E-state index in [1.807, 2.05) is 67.6 Å². The average molecular weight is 373 g/mol. The maximum absolute atomic E-state index is 14.8. The summed E-state index contributed by atoms with van der Waals surface area (Å²) in [6.07, 6.45) is 3.09. The lowest BCUT2D eigenvalue weighted by molar-refractivity contribution is 0.473. The zero-order valence-corrected chi connectivity index (χ0v) is 15.9. The van der Waals surface area contributed by atoms with Gasteiger partial charge in [0.1, 0.15) is 17.3 Å². The molecule has 5 heteroatoms. The van der Waals surface area contributed by atoms with Crippen molar-refractivity contribution in [3.05, 3.63) is 72.1 Å². The molecule has 2 atom stereocenters. The van der Waals surface area contributed by atoms with Crippen LogP contribution in [0.4, 0.5) is 4.39 Å². The minimum Gasteiger partial charge on any atom is -0.438 e. The number of hydrogen-bond donors (Lipinski definition) is 1. The Balaban J connectivity index is 1.88. The summed E-state index contributed by atoms with van der Waals surface area (Å²) in [6.45, 7) is 1.90. The molecule has 0 radical (unpaired) electrons. The molecule has 26 heavy (non-hydrogen) atoms. The topological polar surface area (TPSA) is 44.5 Å². The third-order valence-corrected chi connectivity index (χ3v) is 6.39. The zero-order chi connectivity index (χ0) is 18.4. The Morgan fingerprint density at radius 1 is 1.08 bits per heavy atom. The molecular formula is C21H25FNO2P. The Kier molecular flexibility index (Phi) is 6.65. The van der Waals surface area contributed by atoms with Crippen molar-refractivity contribution >= 4 is 8.38 Å². The fraction of sp³-hybridized carbons (Fsp3) is 0.333. The molecule has 2 aromatic carbocycles. The minimum absolute atomic E-state index is 0.0805. The molecule has 1 saturated carbocycles. The lowest BCUT2D eigenvalue weighted by atomic mass is 10.1. The van der Waals surface area contributed by atoms with Gasteiger partial charge in [-0.05, 0) is 55.5 Å². The largest absolute Gasteiger partial charge is 0.438 e. The summed E-state index contributed by atoms with van der Waals surface area (Å²) in [5, 5.41) is 0. The van der Waals surface area contributed by atoms with Gasteiger partial charge < -0.3 is 14.8 Å². The summed E-state index contributed by atoms with van der Waals surface area (Å²) in [6, 6.07) is 18.6. The lowest BCUT2D eigenvalue weighted by Gasteiger charge is -2.25. The van der Waals surface area contributed by atoms with Gasteiger partial charge in [-0.3, -0.25) is 0 Å². The number of benzene rings is 2. The maximum Gasteiger partial charge on any atom is 0.298 e. The van der Waals surface area contributed by atoms with Gasteiger partial charge in [0.15, 0.2) is 0 Å². The van der Waals surface area contributed by atoms with Gasteiger partial charge in [0.25, 0.3) is 8.38 Å². The van der Waals surface area contributed by atoms with E-state index in [0.717, 1.165) is 36.3 Å². The highest BCUT2D eigenvalue weighted by Gasteiger charge is 2.37. The Morgan fingerprint density at radius 3 is 2.12 bits per heavy atom. The molecule has 3 rings (SSSR count). The van der Waals surface area contributed by atoms with Crippen molar-refractivity contribution in [2.75, 3.05) is 0 Å². The van der Waals surface area contributed by atoms with Gasteiger partial charge in [-0.1, -0.05) is 43.3 Å². The minimum atomic E-state index is -1.37. The van der Waals surface area contributed by atoms with E-state index in [9.17, 15) is 4.39 Å². The van der Waals surface area contributed by atoms with Crippen LogP contribution in [0.15, 0.2) is 72.1 Å². The Hall–Kier alpha value is -1.90. The van der Waals surface area contributed by atoms with Gasteiger partial charge in [0.05, 0.1) is 11.7 Å². The normalized spacial score (nSPS) is 20.1. The van der Waals surface area contributed by atoms with Gasteiger partial charge in [0.2, 0.25) is 0 Å². The molecule has 1 aliphatic carbocycles. The number of halogens is 1. The van der Waals surface area contributed by atoms with E-state index < -0.39 is 14.4 Å². The predicted octanol–water partition coefficient (Wildman–Crippen LogP) is 5.97. The molecule has 2 aromatic rings. The molecule has 2 N–H and O–H groups in total. The van der Waals surface area contributed by atoms with Crippen molar-refractivity contribution in [2.24, 2.45) is 5.73 Å². The van der Waals surface area contributed by atoms with Crippen LogP contribution >= 0.6 is 8.38 Å². The molecule has 1 aliphatic rings. The summed E-state index contributed by atoms with van der Waals surface area (Å²) < 4.78 is 27.2. The fourth-order valence-electron chi connectivity index (χ4n) is 3.07. The SMILES string of the molecule is CCC(N)C(F)=C1CCCC1P(Oc1ccccc1)Oc1ccccc1. The Bertz CT molecular complexity index is 682. The first kappa shape index (κ1) is 18.9. The van der Waals surface area contributed by atoms with E-state index in [4.69, 9.17) is 14.8 Å². The summed E-state index contributed by atoms with van der Waals surface area (Å²) in [5.41, 5.74) is 6.65. The van der Waals surface area contributed by atoms with Crippen molar-refractivity contribution in [2.45, 2.75) is 44.3 Å². The molecule has 2 unspecified atom stereocenters. The number of hydrogen-bond acceptors (Lipinski definition) is 3. The second-order valence-electron chi connectivity index (χ2n) is 6.39. The Morgan fingerprint density at radius 2 is 1.62 bits per heavy atom. The molecule has 0 spiro atoms. The van der Waals surface area contributed by atoms with E-state index in [1.54, 1.807) is 0 Å². The van der Waals surface area contributed by atoms with Crippen molar-refractivity contribution in [3.8, 4) is 11.5 Å². The standard InChI is InChI=1S/C21H25FNO2P/c1-2-19(23)21(22)18-14-9-15-20(18)26(24-16-10-5-3-6-11-16)25-17-12-7-4-8-13-17/h3-8,10-13,19-20H,2,9,14-15,23H2,1H3. The molecule has 0 aliphatic heterocycles. The monoisotopic (exact) mass is 373 g/mol. The molecule has 138 valence electrons. The van der Waals surface area contributed by atoms with Crippen LogP contribution in [0.3, 0.4) is 0 Å². The summed E-state index contributed by atoms with van der Waals surface area (Å²) in [5.74, 6) is 1.29. The smallest absolute Gasteiger partial charge is 0.298 e. The van der Waals surface area contributed by atoms with Crippen LogP contribution in [-0.4, -0.2) is 11.7 Å². The van der Waals surface area contributed by atoms with Crippen LogP contribution in [-0.2, 0) is 0 Å². The van der Waals surface area contributed by atoms with E-state index >= 15 is 0 Å². The first-order valence-electron chi connectivity index (χ1n) is 9.08. The third-order valence-electron chi connectivity index (χ3n) is 4.53. The predicted molar refractivity (Wildman–Crippen MR) is 105 cm³/mol. The quantitative estimate of drug-likeness (QED) is 0.608.